The summed E-state index contributed by atoms with van der Waals surface area (Å²) >= 11 is 0. The van der Waals surface area contributed by atoms with Crippen LogP contribution in [0, 0.1) is 18.3 Å². The lowest BCUT2D eigenvalue weighted by Gasteiger charge is -2.25. The third kappa shape index (κ3) is 4.28. The molecule has 1 aliphatic rings. The molecule has 5 rings (SSSR count). The largest absolute Gasteiger partial charge is 0.457 e. The highest BCUT2D eigenvalue weighted by Gasteiger charge is 2.30. The van der Waals surface area contributed by atoms with Gasteiger partial charge in [-0.1, -0.05) is 30.3 Å². The lowest BCUT2D eigenvalue weighted by Crippen LogP contribution is -2.38. The minimum Gasteiger partial charge on any atom is -0.457 e. The average Bonchev–Trinajstić information content (AvgIpc) is 3.44. The van der Waals surface area contributed by atoms with Crippen molar-refractivity contribution < 1.29 is 9.53 Å². The van der Waals surface area contributed by atoms with E-state index in [0.717, 1.165) is 52.2 Å². The number of carbonyl (C=O) groups excluding carboxylic acids is 1. The number of amides is 1. The van der Waals surface area contributed by atoms with Gasteiger partial charge >= 0.3 is 0 Å². The molecule has 1 amide bonds. The number of nitrogen functional groups attached to an aromatic ring is 1. The Hall–Kier alpha value is -4.38. The zero-order valence-corrected chi connectivity index (χ0v) is 19.5. The van der Waals surface area contributed by atoms with Crippen LogP contribution in [0.5, 0.6) is 11.5 Å². The Morgan fingerprint density at radius 1 is 1.14 bits per heavy atom. The zero-order chi connectivity index (χ0) is 24.4. The molecule has 0 unspecified atom stereocenters. The molecule has 0 bridgehead atoms. The Morgan fingerprint density at radius 3 is 2.63 bits per heavy atom. The molecular formula is C27H26N6O2. The summed E-state index contributed by atoms with van der Waals surface area (Å²) in [6.07, 6.45) is 3.19. The maximum absolute atomic E-state index is 12.5. The number of nitriles is 1. The van der Waals surface area contributed by atoms with Gasteiger partial charge in [-0.05, 0) is 49.6 Å². The number of likely N-dealkylation sites (tertiary alicyclic amines) is 1. The Labute approximate surface area is 203 Å². The minimum absolute atomic E-state index is 0.0100. The summed E-state index contributed by atoms with van der Waals surface area (Å²) in [6.45, 7) is 3.31. The summed E-state index contributed by atoms with van der Waals surface area (Å²) in [5.41, 5.74) is 10.0. The fourth-order valence-electron chi connectivity index (χ4n) is 4.93. The fourth-order valence-corrected chi connectivity index (χ4v) is 4.93. The number of hydrogen-bond acceptors (Lipinski definition) is 6. The van der Waals surface area contributed by atoms with Crippen molar-refractivity contribution in [3.63, 3.8) is 0 Å². The SMILES string of the molecule is Cc1c(-c2ccc(Oc3ccccc3)cc2)c2c(N)ncnc2n1C[C@@H]1CCCN1C(=O)CC#N. The van der Waals surface area contributed by atoms with Crippen molar-refractivity contribution in [2.45, 2.75) is 38.8 Å². The number of fused-ring (bicyclic) bond motifs is 1. The van der Waals surface area contributed by atoms with E-state index < -0.39 is 0 Å². The van der Waals surface area contributed by atoms with Gasteiger partial charge in [-0.2, -0.15) is 5.26 Å². The summed E-state index contributed by atoms with van der Waals surface area (Å²) < 4.78 is 8.07. The number of ether oxygens (including phenoxy) is 1. The van der Waals surface area contributed by atoms with Crippen LogP contribution in [-0.4, -0.2) is 37.9 Å². The van der Waals surface area contributed by atoms with Gasteiger partial charge in [0.1, 0.15) is 35.7 Å². The van der Waals surface area contributed by atoms with Crippen molar-refractivity contribution in [3.05, 3.63) is 66.6 Å². The first-order valence-electron chi connectivity index (χ1n) is 11.7. The van der Waals surface area contributed by atoms with Crippen LogP contribution in [0.15, 0.2) is 60.9 Å². The predicted octanol–water partition coefficient (Wildman–Crippen LogP) is 4.69. The summed E-state index contributed by atoms with van der Waals surface area (Å²) in [4.78, 5) is 23.1. The normalized spacial score (nSPS) is 15.3. The molecule has 0 aliphatic carbocycles. The van der Waals surface area contributed by atoms with Gasteiger partial charge in [0, 0.05) is 30.4 Å². The maximum atomic E-state index is 12.5. The molecule has 1 atom stereocenters. The van der Waals surface area contributed by atoms with Gasteiger partial charge < -0.3 is 19.9 Å². The van der Waals surface area contributed by atoms with E-state index in [4.69, 9.17) is 15.7 Å². The second-order valence-electron chi connectivity index (χ2n) is 8.69. The number of nitrogens with zero attached hydrogens (tertiary/aromatic N) is 5. The predicted molar refractivity (Wildman–Crippen MR) is 134 cm³/mol. The lowest BCUT2D eigenvalue weighted by molar-refractivity contribution is -0.131. The summed E-state index contributed by atoms with van der Waals surface area (Å²) in [6, 6.07) is 19.5. The molecule has 3 heterocycles. The van der Waals surface area contributed by atoms with Crippen molar-refractivity contribution >= 4 is 22.8 Å². The Kier molecular flexibility index (Phi) is 6.06. The Balaban J connectivity index is 1.51. The number of para-hydroxylation sites is 1. The standard InChI is InChI=1S/C27H26N6O2/c1-18-24(19-9-11-22(12-10-19)35-21-7-3-2-4-8-21)25-26(29)30-17-31-27(25)33(18)16-20-6-5-15-32(20)23(34)13-14-28/h2-4,7-12,17,20H,5-6,13,15-16H2,1H3,(H2,29,30,31)/t20-/m0/s1. The number of aromatic nitrogens is 3. The molecule has 0 radical (unpaired) electrons. The van der Waals surface area contributed by atoms with Crippen LogP contribution in [-0.2, 0) is 11.3 Å². The number of anilines is 1. The van der Waals surface area contributed by atoms with Crippen molar-refractivity contribution in [3.8, 4) is 28.7 Å². The van der Waals surface area contributed by atoms with E-state index in [1.807, 2.05) is 72.5 Å². The molecular weight excluding hydrogens is 440 g/mol. The molecule has 35 heavy (non-hydrogen) atoms. The van der Waals surface area contributed by atoms with Crippen LogP contribution < -0.4 is 10.5 Å². The minimum atomic E-state index is -0.118. The third-order valence-corrected chi connectivity index (χ3v) is 6.57. The quantitative estimate of drug-likeness (QED) is 0.442. The van der Waals surface area contributed by atoms with E-state index in [1.165, 1.54) is 6.33 Å². The first-order chi connectivity index (χ1) is 17.1. The monoisotopic (exact) mass is 466 g/mol. The Morgan fingerprint density at radius 2 is 1.89 bits per heavy atom. The van der Waals surface area contributed by atoms with Gasteiger partial charge in [-0.25, -0.2) is 9.97 Å². The third-order valence-electron chi connectivity index (χ3n) is 6.57. The van der Waals surface area contributed by atoms with Crippen LogP contribution in [0.1, 0.15) is 25.0 Å². The van der Waals surface area contributed by atoms with Gasteiger partial charge in [0.25, 0.3) is 0 Å². The molecule has 8 nitrogen and oxygen atoms in total. The highest BCUT2D eigenvalue weighted by Crippen LogP contribution is 2.38. The fraction of sp³-hybridized carbons (Fsp3) is 0.259. The van der Waals surface area contributed by atoms with Crippen LogP contribution in [0.3, 0.4) is 0 Å². The van der Waals surface area contributed by atoms with E-state index in [1.54, 1.807) is 0 Å². The maximum Gasteiger partial charge on any atom is 0.237 e. The number of benzene rings is 2. The van der Waals surface area contributed by atoms with E-state index in [2.05, 4.69) is 14.5 Å². The van der Waals surface area contributed by atoms with E-state index in [9.17, 15) is 4.79 Å². The van der Waals surface area contributed by atoms with Gasteiger partial charge in [0.2, 0.25) is 5.91 Å². The number of hydrogen-bond donors (Lipinski definition) is 1. The van der Waals surface area contributed by atoms with Crippen molar-refractivity contribution in [2.24, 2.45) is 0 Å². The van der Waals surface area contributed by atoms with Gasteiger partial charge in [0.05, 0.1) is 11.5 Å². The van der Waals surface area contributed by atoms with Crippen LogP contribution in [0.4, 0.5) is 5.82 Å². The van der Waals surface area contributed by atoms with Crippen LogP contribution in [0.25, 0.3) is 22.2 Å². The van der Waals surface area contributed by atoms with Gasteiger partial charge in [0.15, 0.2) is 0 Å². The molecule has 4 aromatic rings. The average molecular weight is 467 g/mol. The van der Waals surface area contributed by atoms with Crippen molar-refractivity contribution in [1.29, 1.82) is 5.26 Å². The second-order valence-corrected chi connectivity index (χ2v) is 8.69. The van der Waals surface area contributed by atoms with Crippen molar-refractivity contribution in [1.82, 2.24) is 19.4 Å². The summed E-state index contributed by atoms with van der Waals surface area (Å²) in [7, 11) is 0. The second kappa shape index (κ2) is 9.47. The molecule has 8 heteroatoms. The molecule has 1 fully saturated rings. The Bertz CT molecular complexity index is 1410. The summed E-state index contributed by atoms with van der Waals surface area (Å²) in [5, 5.41) is 9.78. The van der Waals surface area contributed by atoms with Gasteiger partial charge in [-0.3, -0.25) is 4.79 Å². The van der Waals surface area contributed by atoms with Crippen LogP contribution in [0.2, 0.25) is 0 Å². The molecule has 2 aromatic heterocycles. The zero-order valence-electron chi connectivity index (χ0n) is 19.5. The molecule has 2 aromatic carbocycles. The highest BCUT2D eigenvalue weighted by molar-refractivity contribution is 6.02. The molecule has 1 aliphatic heterocycles. The first-order valence-corrected chi connectivity index (χ1v) is 11.7. The molecule has 0 spiro atoms. The molecule has 176 valence electrons. The van der Waals surface area contributed by atoms with Gasteiger partial charge in [-0.15, -0.1) is 0 Å². The topological polar surface area (TPSA) is 110 Å². The number of nitrogens with two attached hydrogens (primary N) is 1. The molecule has 1 saturated heterocycles. The number of rotatable bonds is 6. The van der Waals surface area contributed by atoms with E-state index in [-0.39, 0.29) is 18.4 Å². The molecule has 2 N–H and O–H groups in total. The first kappa shape index (κ1) is 22.4. The highest BCUT2D eigenvalue weighted by atomic mass is 16.5. The van der Waals surface area contributed by atoms with E-state index >= 15 is 0 Å². The summed E-state index contributed by atoms with van der Waals surface area (Å²) in [5.74, 6) is 1.81. The van der Waals surface area contributed by atoms with E-state index in [0.29, 0.717) is 18.9 Å². The smallest absolute Gasteiger partial charge is 0.237 e. The van der Waals surface area contributed by atoms with Crippen LogP contribution >= 0.6 is 0 Å². The lowest BCUT2D eigenvalue weighted by atomic mass is 10.0. The molecule has 0 saturated carbocycles. The van der Waals surface area contributed by atoms with Crippen molar-refractivity contribution in [2.75, 3.05) is 12.3 Å². The number of carbonyl (C=O) groups is 1.